The van der Waals surface area contributed by atoms with Crippen molar-refractivity contribution < 1.29 is 17.9 Å². The van der Waals surface area contributed by atoms with Crippen molar-refractivity contribution in [1.82, 2.24) is 9.88 Å². The highest BCUT2D eigenvalue weighted by molar-refractivity contribution is 7.91. The summed E-state index contributed by atoms with van der Waals surface area (Å²) in [6.07, 6.45) is 6.13. The van der Waals surface area contributed by atoms with Crippen molar-refractivity contribution >= 4 is 15.7 Å². The first-order chi connectivity index (χ1) is 11.0. The van der Waals surface area contributed by atoms with E-state index < -0.39 is 9.84 Å². The number of carbonyl (C=O) groups is 1. The predicted octanol–water partition coefficient (Wildman–Crippen LogP) is 1.66. The summed E-state index contributed by atoms with van der Waals surface area (Å²) in [5.41, 5.74) is 0.409. The van der Waals surface area contributed by atoms with E-state index in [1.54, 1.807) is 23.2 Å². The maximum Gasteiger partial charge on any atom is 0.259 e. The Morgan fingerprint density at radius 1 is 1.26 bits per heavy atom. The van der Waals surface area contributed by atoms with Gasteiger partial charge in [0.05, 0.1) is 18.6 Å². The molecule has 0 bridgehead atoms. The van der Waals surface area contributed by atoms with Gasteiger partial charge in [-0.2, -0.15) is 0 Å². The van der Waals surface area contributed by atoms with Gasteiger partial charge in [0.25, 0.3) is 5.91 Å². The standard InChI is InChI=1S/C16H22N2O4S/c1-22-15-14(7-4-9-17-15)16(19)18(12-5-2-3-6-12)13-8-10-23(20,21)11-13/h4,7,9,12-13H,2-3,5-6,8,10-11H2,1H3. The van der Waals surface area contributed by atoms with Crippen LogP contribution in [0.2, 0.25) is 0 Å². The Labute approximate surface area is 136 Å². The van der Waals surface area contributed by atoms with Gasteiger partial charge >= 0.3 is 0 Å². The molecule has 0 spiro atoms. The second-order valence-corrected chi connectivity index (χ2v) is 8.50. The van der Waals surface area contributed by atoms with Crippen LogP contribution in [0, 0.1) is 0 Å². The Hall–Kier alpha value is -1.63. The first-order valence-corrected chi connectivity index (χ1v) is 9.86. The number of amides is 1. The molecule has 126 valence electrons. The maximum absolute atomic E-state index is 13.1. The number of hydrogen-bond donors (Lipinski definition) is 0. The van der Waals surface area contributed by atoms with Gasteiger partial charge < -0.3 is 9.64 Å². The second-order valence-electron chi connectivity index (χ2n) is 6.27. The number of nitrogens with zero attached hydrogens (tertiary/aromatic N) is 2. The third-order valence-corrected chi connectivity index (χ3v) is 6.50. The first kappa shape index (κ1) is 16.2. The van der Waals surface area contributed by atoms with Gasteiger partial charge in [-0.3, -0.25) is 4.79 Å². The van der Waals surface area contributed by atoms with Crippen LogP contribution in [0.5, 0.6) is 5.88 Å². The van der Waals surface area contributed by atoms with E-state index in [-0.39, 0.29) is 29.5 Å². The van der Waals surface area contributed by atoms with Gasteiger partial charge in [0, 0.05) is 18.3 Å². The minimum Gasteiger partial charge on any atom is -0.480 e. The normalized spacial score (nSPS) is 23.8. The summed E-state index contributed by atoms with van der Waals surface area (Å²) in [5.74, 6) is 0.362. The molecule has 2 fully saturated rings. The van der Waals surface area contributed by atoms with Gasteiger partial charge in [-0.15, -0.1) is 0 Å². The van der Waals surface area contributed by atoms with Crippen LogP contribution in [0.4, 0.5) is 0 Å². The molecule has 1 atom stereocenters. The number of carbonyl (C=O) groups excluding carboxylic acids is 1. The maximum atomic E-state index is 13.1. The number of rotatable bonds is 4. The smallest absolute Gasteiger partial charge is 0.259 e. The summed E-state index contributed by atoms with van der Waals surface area (Å²) in [6, 6.07) is 3.28. The van der Waals surface area contributed by atoms with Crippen LogP contribution < -0.4 is 4.74 Å². The zero-order valence-electron chi connectivity index (χ0n) is 13.3. The molecule has 0 aromatic carbocycles. The molecular formula is C16H22N2O4S. The Morgan fingerprint density at radius 2 is 2.00 bits per heavy atom. The van der Waals surface area contributed by atoms with E-state index in [0.717, 1.165) is 25.7 Å². The monoisotopic (exact) mass is 338 g/mol. The number of methoxy groups -OCH3 is 1. The van der Waals surface area contributed by atoms with Crippen molar-refractivity contribution in [3.8, 4) is 5.88 Å². The van der Waals surface area contributed by atoms with Crippen molar-refractivity contribution in [2.24, 2.45) is 0 Å². The fourth-order valence-electron chi connectivity index (χ4n) is 3.66. The molecular weight excluding hydrogens is 316 g/mol. The average molecular weight is 338 g/mol. The average Bonchev–Trinajstić information content (AvgIpc) is 3.17. The highest BCUT2D eigenvalue weighted by atomic mass is 32.2. The van der Waals surface area contributed by atoms with Crippen molar-refractivity contribution in [2.75, 3.05) is 18.6 Å². The molecule has 1 amide bonds. The first-order valence-electron chi connectivity index (χ1n) is 8.04. The number of hydrogen-bond acceptors (Lipinski definition) is 5. The highest BCUT2D eigenvalue weighted by Crippen LogP contribution is 2.31. The van der Waals surface area contributed by atoms with E-state index >= 15 is 0 Å². The third kappa shape index (κ3) is 3.34. The molecule has 1 aromatic rings. The molecule has 6 nitrogen and oxygen atoms in total. The summed E-state index contributed by atoms with van der Waals surface area (Å²) < 4.78 is 28.9. The Balaban J connectivity index is 1.93. The van der Waals surface area contributed by atoms with Crippen molar-refractivity contribution in [3.63, 3.8) is 0 Å². The number of aromatic nitrogens is 1. The molecule has 23 heavy (non-hydrogen) atoms. The molecule has 1 saturated carbocycles. The molecule has 1 unspecified atom stereocenters. The van der Waals surface area contributed by atoms with E-state index in [0.29, 0.717) is 17.9 Å². The Bertz CT molecular complexity index is 683. The lowest BCUT2D eigenvalue weighted by Crippen LogP contribution is -2.47. The van der Waals surface area contributed by atoms with Crippen LogP contribution in [0.15, 0.2) is 18.3 Å². The van der Waals surface area contributed by atoms with Crippen molar-refractivity contribution in [2.45, 2.75) is 44.2 Å². The van der Waals surface area contributed by atoms with Gasteiger partial charge in [0.1, 0.15) is 5.56 Å². The summed E-state index contributed by atoms with van der Waals surface area (Å²) in [5, 5.41) is 0. The molecule has 1 aliphatic heterocycles. The SMILES string of the molecule is COc1ncccc1C(=O)N(C1CCCC1)C1CCS(=O)(=O)C1. The van der Waals surface area contributed by atoms with Crippen LogP contribution in [0.3, 0.4) is 0 Å². The van der Waals surface area contributed by atoms with E-state index in [2.05, 4.69) is 4.98 Å². The summed E-state index contributed by atoms with van der Waals surface area (Å²) in [7, 11) is -1.56. The van der Waals surface area contributed by atoms with Gasteiger partial charge in [0.15, 0.2) is 9.84 Å². The zero-order chi connectivity index (χ0) is 16.4. The molecule has 1 aromatic heterocycles. The van der Waals surface area contributed by atoms with E-state index in [1.807, 2.05) is 0 Å². The predicted molar refractivity (Wildman–Crippen MR) is 86.3 cm³/mol. The lowest BCUT2D eigenvalue weighted by Gasteiger charge is -2.34. The van der Waals surface area contributed by atoms with Crippen LogP contribution in [0.1, 0.15) is 42.5 Å². The minimum atomic E-state index is -3.04. The largest absolute Gasteiger partial charge is 0.480 e. The summed E-state index contributed by atoms with van der Waals surface area (Å²) in [4.78, 5) is 19.0. The van der Waals surface area contributed by atoms with Crippen LogP contribution in [-0.4, -0.2) is 54.9 Å². The quantitative estimate of drug-likeness (QED) is 0.834. The fourth-order valence-corrected chi connectivity index (χ4v) is 5.37. The van der Waals surface area contributed by atoms with E-state index in [9.17, 15) is 13.2 Å². The van der Waals surface area contributed by atoms with E-state index in [1.165, 1.54) is 7.11 Å². The minimum absolute atomic E-state index is 0.0673. The van der Waals surface area contributed by atoms with Gasteiger partial charge in [0.2, 0.25) is 5.88 Å². The molecule has 0 N–H and O–H groups in total. The molecule has 3 rings (SSSR count). The Kier molecular flexibility index (Phi) is 4.57. The molecule has 7 heteroatoms. The molecule has 0 radical (unpaired) electrons. The molecule has 1 aliphatic carbocycles. The van der Waals surface area contributed by atoms with Crippen LogP contribution in [0.25, 0.3) is 0 Å². The molecule has 1 saturated heterocycles. The number of sulfone groups is 1. The lowest BCUT2D eigenvalue weighted by molar-refractivity contribution is 0.0597. The van der Waals surface area contributed by atoms with Crippen molar-refractivity contribution in [1.29, 1.82) is 0 Å². The third-order valence-electron chi connectivity index (χ3n) is 4.75. The topological polar surface area (TPSA) is 76.6 Å². The highest BCUT2D eigenvalue weighted by Gasteiger charge is 2.40. The molecule has 2 aliphatic rings. The van der Waals surface area contributed by atoms with Gasteiger partial charge in [-0.1, -0.05) is 12.8 Å². The summed E-state index contributed by atoms with van der Waals surface area (Å²) in [6.45, 7) is 0. The number of ether oxygens (including phenoxy) is 1. The van der Waals surface area contributed by atoms with Crippen LogP contribution >= 0.6 is 0 Å². The number of pyridine rings is 1. The van der Waals surface area contributed by atoms with E-state index in [4.69, 9.17) is 4.74 Å². The lowest BCUT2D eigenvalue weighted by atomic mass is 10.1. The molecule has 2 heterocycles. The van der Waals surface area contributed by atoms with Gasteiger partial charge in [-0.25, -0.2) is 13.4 Å². The Morgan fingerprint density at radius 3 is 2.61 bits per heavy atom. The summed E-state index contributed by atoms with van der Waals surface area (Å²) >= 11 is 0. The van der Waals surface area contributed by atoms with Crippen molar-refractivity contribution in [3.05, 3.63) is 23.9 Å². The van der Waals surface area contributed by atoms with Crippen LogP contribution in [-0.2, 0) is 9.84 Å². The van der Waals surface area contributed by atoms with Gasteiger partial charge in [-0.05, 0) is 31.4 Å². The fraction of sp³-hybridized carbons (Fsp3) is 0.625. The second kappa shape index (κ2) is 6.47. The zero-order valence-corrected chi connectivity index (χ0v) is 14.1.